The van der Waals surface area contributed by atoms with Crippen molar-refractivity contribution in [3.63, 3.8) is 0 Å². The Morgan fingerprint density at radius 2 is 2.00 bits per heavy atom. The van der Waals surface area contributed by atoms with Crippen molar-refractivity contribution in [3.8, 4) is 5.75 Å². The average molecular weight is 381 g/mol. The molecule has 1 heterocycles. The molecule has 0 radical (unpaired) electrons. The molecule has 1 aliphatic rings. The lowest BCUT2D eigenvalue weighted by Gasteiger charge is -2.29. The highest BCUT2D eigenvalue weighted by Gasteiger charge is 2.23. The van der Waals surface area contributed by atoms with Gasteiger partial charge in [0, 0.05) is 11.4 Å². The normalized spacial score (nSPS) is 20.9. The van der Waals surface area contributed by atoms with Gasteiger partial charge < -0.3 is 19.8 Å². The number of para-hydroxylation sites is 1. The molecule has 0 unspecified atom stereocenters. The second kappa shape index (κ2) is 8.31. The fraction of sp³-hybridized carbons (Fsp3) is 0.529. The number of aromatic nitrogens is 2. The fourth-order valence-corrected chi connectivity index (χ4v) is 3.81. The largest absolute Gasteiger partial charge is 0.494 e. The number of nitrogens with zero attached hydrogens (tertiary/aromatic N) is 2. The molecule has 0 bridgehead atoms. The minimum atomic E-state index is -4.36. The molecule has 0 atom stereocenters. The van der Waals surface area contributed by atoms with Crippen LogP contribution in [0.2, 0.25) is 0 Å². The Morgan fingerprint density at radius 3 is 2.69 bits per heavy atom. The number of nitrogens with one attached hydrogen (secondary N) is 1. The molecule has 3 N–H and O–H groups in total. The van der Waals surface area contributed by atoms with Gasteiger partial charge in [0.15, 0.2) is 0 Å². The molecule has 9 heteroatoms. The molecule has 1 saturated carbocycles. The van der Waals surface area contributed by atoms with Gasteiger partial charge in [-0.25, -0.2) is 14.5 Å². The first-order valence-corrected chi connectivity index (χ1v) is 10.2. The third kappa shape index (κ3) is 4.92. The van der Waals surface area contributed by atoms with Crippen molar-refractivity contribution < 1.29 is 23.6 Å². The van der Waals surface area contributed by atoms with Crippen LogP contribution in [0.5, 0.6) is 5.75 Å². The first-order chi connectivity index (χ1) is 12.5. The number of fused-ring (bicyclic) bond motifs is 1. The van der Waals surface area contributed by atoms with Gasteiger partial charge in [-0.3, -0.25) is 4.52 Å². The van der Waals surface area contributed by atoms with Crippen molar-refractivity contribution in [1.82, 2.24) is 9.97 Å². The molecule has 0 aliphatic heterocycles. The standard InChI is InChI=1S/C17H24N3O5P/c1-24-15-4-2-3-14-16(15)18-11-19-17(14)20-13-7-5-12(6-8-13)9-10-25-26(21,22)23/h2-4,11-13H,5-10H2,1H3,(H,18,19,20)(H2,21,22,23). The van der Waals surface area contributed by atoms with Crippen molar-refractivity contribution in [1.29, 1.82) is 0 Å². The Bertz CT molecular complexity index is 789. The summed E-state index contributed by atoms with van der Waals surface area (Å²) < 4.78 is 20.6. The van der Waals surface area contributed by atoms with E-state index in [1.807, 2.05) is 18.2 Å². The molecule has 8 nitrogen and oxygen atoms in total. The minimum Gasteiger partial charge on any atom is -0.494 e. The minimum absolute atomic E-state index is 0.101. The lowest BCUT2D eigenvalue weighted by Crippen LogP contribution is -2.27. The van der Waals surface area contributed by atoms with Crippen molar-refractivity contribution in [2.24, 2.45) is 5.92 Å². The van der Waals surface area contributed by atoms with E-state index >= 15 is 0 Å². The third-order valence-electron chi connectivity index (χ3n) is 4.82. The first kappa shape index (κ1) is 19.0. The Balaban J connectivity index is 1.57. The molecule has 3 rings (SSSR count). The Morgan fingerprint density at radius 1 is 1.23 bits per heavy atom. The number of rotatable bonds is 7. The van der Waals surface area contributed by atoms with Gasteiger partial charge in [0.1, 0.15) is 23.4 Å². The number of methoxy groups -OCH3 is 1. The van der Waals surface area contributed by atoms with Gasteiger partial charge in [-0.15, -0.1) is 0 Å². The summed E-state index contributed by atoms with van der Waals surface area (Å²) in [6.45, 7) is 0.101. The number of phosphoric acid groups is 1. The number of anilines is 1. The van der Waals surface area contributed by atoms with E-state index in [0.717, 1.165) is 48.2 Å². The summed E-state index contributed by atoms with van der Waals surface area (Å²) in [4.78, 5) is 26.2. The van der Waals surface area contributed by atoms with Gasteiger partial charge in [0.2, 0.25) is 0 Å². The van der Waals surface area contributed by atoms with Crippen LogP contribution in [0.1, 0.15) is 32.1 Å². The topological polar surface area (TPSA) is 114 Å². The van der Waals surface area contributed by atoms with Crippen LogP contribution in [0.25, 0.3) is 10.9 Å². The number of hydrogen-bond donors (Lipinski definition) is 3. The summed E-state index contributed by atoms with van der Waals surface area (Å²) >= 11 is 0. The van der Waals surface area contributed by atoms with Crippen LogP contribution < -0.4 is 10.1 Å². The van der Waals surface area contributed by atoms with Crippen LogP contribution in [0.15, 0.2) is 24.5 Å². The number of ether oxygens (including phenoxy) is 1. The summed E-state index contributed by atoms with van der Waals surface area (Å²) in [5, 5.41) is 4.45. The Kier molecular flexibility index (Phi) is 6.09. The molecule has 1 aromatic heterocycles. The SMILES string of the molecule is COc1cccc2c(NC3CCC(CCOP(=O)(O)O)CC3)ncnc12. The van der Waals surface area contributed by atoms with E-state index in [-0.39, 0.29) is 6.61 Å². The Hall–Kier alpha value is -1.73. The average Bonchev–Trinajstić information content (AvgIpc) is 2.62. The molecule has 1 fully saturated rings. The van der Waals surface area contributed by atoms with Crippen LogP contribution in [0.3, 0.4) is 0 Å². The molecular weight excluding hydrogens is 357 g/mol. The molecule has 0 spiro atoms. The summed E-state index contributed by atoms with van der Waals surface area (Å²) in [7, 11) is -2.73. The quantitative estimate of drug-likeness (QED) is 0.627. The summed E-state index contributed by atoms with van der Waals surface area (Å²) in [5.74, 6) is 1.96. The highest BCUT2D eigenvalue weighted by molar-refractivity contribution is 7.46. The van der Waals surface area contributed by atoms with Crippen molar-refractivity contribution in [2.45, 2.75) is 38.1 Å². The lowest BCUT2D eigenvalue weighted by molar-refractivity contribution is 0.174. The van der Waals surface area contributed by atoms with Gasteiger partial charge in [0.05, 0.1) is 13.7 Å². The zero-order valence-corrected chi connectivity index (χ0v) is 15.6. The molecular formula is C17H24N3O5P. The highest BCUT2D eigenvalue weighted by atomic mass is 31.2. The van der Waals surface area contributed by atoms with Crippen LogP contribution in [0, 0.1) is 5.92 Å². The summed E-state index contributed by atoms with van der Waals surface area (Å²) in [6, 6.07) is 6.10. The zero-order chi connectivity index (χ0) is 18.6. The predicted molar refractivity (Wildman–Crippen MR) is 98.1 cm³/mol. The van der Waals surface area contributed by atoms with Crippen LogP contribution in [0.4, 0.5) is 5.82 Å². The second-order valence-corrected chi connectivity index (χ2v) is 7.79. The third-order valence-corrected chi connectivity index (χ3v) is 5.34. The van der Waals surface area contributed by atoms with Crippen molar-refractivity contribution in [3.05, 3.63) is 24.5 Å². The smallest absolute Gasteiger partial charge is 0.469 e. The highest BCUT2D eigenvalue weighted by Crippen LogP contribution is 2.37. The van der Waals surface area contributed by atoms with E-state index in [9.17, 15) is 4.57 Å². The second-order valence-electron chi connectivity index (χ2n) is 6.55. The maximum atomic E-state index is 10.7. The van der Waals surface area contributed by atoms with E-state index in [4.69, 9.17) is 14.5 Å². The van der Waals surface area contributed by atoms with Gasteiger partial charge in [-0.05, 0) is 50.2 Å². The van der Waals surface area contributed by atoms with Gasteiger partial charge >= 0.3 is 7.82 Å². The van der Waals surface area contributed by atoms with Crippen molar-refractivity contribution in [2.75, 3.05) is 19.0 Å². The predicted octanol–water partition coefficient (Wildman–Crippen LogP) is 3.11. The number of phosphoric ester groups is 1. The molecule has 2 aromatic rings. The maximum absolute atomic E-state index is 10.7. The molecule has 142 valence electrons. The molecule has 1 aromatic carbocycles. The molecule has 0 saturated heterocycles. The van der Waals surface area contributed by atoms with Gasteiger partial charge in [-0.1, -0.05) is 6.07 Å². The van der Waals surface area contributed by atoms with Gasteiger partial charge in [0.25, 0.3) is 0 Å². The monoisotopic (exact) mass is 381 g/mol. The molecule has 26 heavy (non-hydrogen) atoms. The molecule has 0 amide bonds. The summed E-state index contributed by atoms with van der Waals surface area (Å²) in [6.07, 6.45) is 6.17. The van der Waals surface area contributed by atoms with Crippen LogP contribution in [-0.4, -0.2) is 39.5 Å². The lowest BCUT2D eigenvalue weighted by atomic mass is 9.84. The van der Waals surface area contributed by atoms with Crippen LogP contribution in [-0.2, 0) is 9.09 Å². The molecule has 1 aliphatic carbocycles. The fourth-order valence-electron chi connectivity index (χ4n) is 3.47. The first-order valence-electron chi connectivity index (χ1n) is 8.70. The van der Waals surface area contributed by atoms with Crippen molar-refractivity contribution >= 4 is 24.5 Å². The van der Waals surface area contributed by atoms with E-state index < -0.39 is 7.82 Å². The zero-order valence-electron chi connectivity index (χ0n) is 14.7. The van der Waals surface area contributed by atoms with E-state index in [1.54, 1.807) is 7.11 Å². The Labute approximate surface area is 152 Å². The van der Waals surface area contributed by atoms with E-state index in [0.29, 0.717) is 18.4 Å². The van der Waals surface area contributed by atoms with Crippen LogP contribution >= 0.6 is 7.82 Å². The summed E-state index contributed by atoms with van der Waals surface area (Å²) in [5.41, 5.74) is 0.788. The van der Waals surface area contributed by atoms with Gasteiger partial charge in [-0.2, -0.15) is 0 Å². The maximum Gasteiger partial charge on any atom is 0.469 e. The van der Waals surface area contributed by atoms with E-state index in [1.165, 1.54) is 6.33 Å². The number of benzene rings is 1. The number of hydrogen-bond acceptors (Lipinski definition) is 6. The van der Waals surface area contributed by atoms with E-state index in [2.05, 4.69) is 19.8 Å².